The van der Waals surface area contributed by atoms with Crippen molar-refractivity contribution in [1.29, 1.82) is 5.26 Å². The third-order valence-corrected chi connectivity index (χ3v) is 5.28. The van der Waals surface area contributed by atoms with Gasteiger partial charge in [0, 0.05) is 17.7 Å². The van der Waals surface area contributed by atoms with Gasteiger partial charge in [0.2, 0.25) is 5.82 Å². The zero-order valence-corrected chi connectivity index (χ0v) is 17.9. The van der Waals surface area contributed by atoms with E-state index in [1.807, 2.05) is 37.3 Å². The molecule has 4 aromatic rings. The average Bonchev–Trinajstić information content (AvgIpc) is 2.79. The molecule has 0 amide bonds. The van der Waals surface area contributed by atoms with E-state index in [1.54, 1.807) is 0 Å². The van der Waals surface area contributed by atoms with Crippen molar-refractivity contribution in [3.05, 3.63) is 101 Å². The standard InChI is InChI=1S/C27H24N4/c1-18-10-12-21(13-11-18)25-16-26(31-27(17-28)30-25)29-20(3)22-7-5-9-24(15-22)23-8-4-6-19(2)14-23/h4-16,20H,1-3H3,(H,29,30,31). The smallest absolute Gasteiger partial charge is 0.234 e. The van der Waals surface area contributed by atoms with Crippen molar-refractivity contribution in [2.24, 2.45) is 0 Å². The molecule has 0 saturated heterocycles. The van der Waals surface area contributed by atoms with E-state index in [-0.39, 0.29) is 11.9 Å². The van der Waals surface area contributed by atoms with Crippen LogP contribution in [0.15, 0.2) is 78.9 Å². The number of aromatic nitrogens is 2. The van der Waals surface area contributed by atoms with Crippen LogP contribution in [0.1, 0.15) is 35.5 Å². The minimum absolute atomic E-state index is 0.0112. The monoisotopic (exact) mass is 404 g/mol. The molecule has 4 rings (SSSR count). The molecular weight excluding hydrogens is 380 g/mol. The first-order chi connectivity index (χ1) is 15.0. The summed E-state index contributed by atoms with van der Waals surface area (Å²) < 4.78 is 0. The van der Waals surface area contributed by atoms with Crippen molar-refractivity contribution in [3.8, 4) is 28.5 Å². The molecule has 1 atom stereocenters. The summed E-state index contributed by atoms with van der Waals surface area (Å²) in [6.07, 6.45) is 0. The molecule has 0 saturated carbocycles. The van der Waals surface area contributed by atoms with E-state index < -0.39 is 0 Å². The molecule has 1 N–H and O–H groups in total. The summed E-state index contributed by atoms with van der Waals surface area (Å²) in [6.45, 7) is 6.24. The van der Waals surface area contributed by atoms with Gasteiger partial charge in [-0.05, 0) is 43.5 Å². The predicted octanol–water partition coefficient (Wildman–Crippen LogP) is 6.47. The number of nitrogens with one attached hydrogen (secondary N) is 1. The normalized spacial score (nSPS) is 11.5. The molecule has 152 valence electrons. The van der Waals surface area contributed by atoms with Gasteiger partial charge >= 0.3 is 0 Å². The summed E-state index contributed by atoms with van der Waals surface area (Å²) in [5.41, 5.74) is 7.63. The first-order valence-electron chi connectivity index (χ1n) is 10.3. The average molecular weight is 405 g/mol. The highest BCUT2D eigenvalue weighted by Gasteiger charge is 2.11. The highest BCUT2D eigenvalue weighted by molar-refractivity contribution is 5.66. The Morgan fingerprint density at radius 1 is 0.774 bits per heavy atom. The number of rotatable bonds is 5. The first kappa shape index (κ1) is 20.3. The number of hydrogen-bond donors (Lipinski definition) is 1. The van der Waals surface area contributed by atoms with E-state index in [1.165, 1.54) is 22.3 Å². The molecule has 0 aliphatic carbocycles. The molecule has 1 heterocycles. The van der Waals surface area contributed by atoms with Crippen molar-refractivity contribution in [2.75, 3.05) is 5.32 Å². The van der Waals surface area contributed by atoms with E-state index in [0.717, 1.165) is 16.8 Å². The molecule has 31 heavy (non-hydrogen) atoms. The summed E-state index contributed by atoms with van der Waals surface area (Å²) in [7, 11) is 0. The molecule has 0 radical (unpaired) electrons. The van der Waals surface area contributed by atoms with Crippen LogP contribution >= 0.6 is 0 Å². The lowest BCUT2D eigenvalue weighted by Crippen LogP contribution is -2.09. The summed E-state index contributed by atoms with van der Waals surface area (Å²) in [4.78, 5) is 8.75. The Morgan fingerprint density at radius 3 is 2.19 bits per heavy atom. The largest absolute Gasteiger partial charge is 0.363 e. The van der Waals surface area contributed by atoms with E-state index in [9.17, 15) is 5.26 Å². The Balaban J connectivity index is 1.62. The molecule has 0 fully saturated rings. The molecule has 0 bridgehead atoms. The Bertz CT molecular complexity index is 1250. The van der Waals surface area contributed by atoms with Gasteiger partial charge in [0.15, 0.2) is 0 Å². The second-order valence-corrected chi connectivity index (χ2v) is 7.80. The van der Waals surface area contributed by atoms with Crippen molar-refractivity contribution in [1.82, 2.24) is 9.97 Å². The van der Waals surface area contributed by atoms with Crippen LogP contribution in [0, 0.1) is 25.2 Å². The van der Waals surface area contributed by atoms with Crippen LogP contribution in [-0.4, -0.2) is 9.97 Å². The number of anilines is 1. The number of nitrogens with zero attached hydrogens (tertiary/aromatic N) is 3. The van der Waals surface area contributed by atoms with E-state index in [4.69, 9.17) is 0 Å². The molecule has 4 heteroatoms. The van der Waals surface area contributed by atoms with Crippen molar-refractivity contribution in [2.45, 2.75) is 26.8 Å². The van der Waals surface area contributed by atoms with Crippen LogP contribution < -0.4 is 5.32 Å². The first-order valence-corrected chi connectivity index (χ1v) is 10.3. The topological polar surface area (TPSA) is 61.6 Å². The molecule has 4 nitrogen and oxygen atoms in total. The van der Waals surface area contributed by atoms with Gasteiger partial charge in [0.1, 0.15) is 11.9 Å². The van der Waals surface area contributed by atoms with Crippen LogP contribution in [0.5, 0.6) is 0 Å². The maximum absolute atomic E-state index is 9.41. The fraction of sp³-hybridized carbons (Fsp3) is 0.148. The summed E-state index contributed by atoms with van der Waals surface area (Å²) in [5, 5.41) is 12.9. The summed E-state index contributed by atoms with van der Waals surface area (Å²) in [6, 6.07) is 29.1. The maximum atomic E-state index is 9.41. The van der Waals surface area contributed by atoms with Gasteiger partial charge in [0.25, 0.3) is 0 Å². The van der Waals surface area contributed by atoms with Crippen LogP contribution in [0.25, 0.3) is 22.4 Å². The molecule has 1 aromatic heterocycles. The zero-order chi connectivity index (χ0) is 21.8. The Morgan fingerprint density at radius 2 is 1.48 bits per heavy atom. The highest BCUT2D eigenvalue weighted by atomic mass is 15.0. The van der Waals surface area contributed by atoms with Gasteiger partial charge in [-0.2, -0.15) is 5.26 Å². The van der Waals surface area contributed by atoms with E-state index in [2.05, 4.69) is 83.7 Å². The van der Waals surface area contributed by atoms with Gasteiger partial charge in [0.05, 0.1) is 5.69 Å². The Hall–Kier alpha value is -3.97. The predicted molar refractivity (Wildman–Crippen MR) is 126 cm³/mol. The fourth-order valence-electron chi connectivity index (χ4n) is 3.56. The van der Waals surface area contributed by atoms with Crippen molar-refractivity contribution in [3.63, 3.8) is 0 Å². The minimum Gasteiger partial charge on any atom is -0.363 e. The molecular formula is C27H24N4. The molecule has 0 aliphatic rings. The second kappa shape index (κ2) is 8.81. The zero-order valence-electron chi connectivity index (χ0n) is 17.9. The van der Waals surface area contributed by atoms with Gasteiger partial charge in [-0.1, -0.05) is 77.9 Å². The van der Waals surface area contributed by atoms with Gasteiger partial charge in [-0.15, -0.1) is 0 Å². The lowest BCUT2D eigenvalue weighted by molar-refractivity contribution is 0.871. The quantitative estimate of drug-likeness (QED) is 0.414. The van der Waals surface area contributed by atoms with Gasteiger partial charge < -0.3 is 5.32 Å². The third kappa shape index (κ3) is 4.79. The SMILES string of the molecule is Cc1ccc(-c2cc(NC(C)c3cccc(-c4cccc(C)c4)c3)nc(C#N)n2)cc1. The Kier molecular flexibility index (Phi) is 5.77. The minimum atomic E-state index is 0.0112. The number of hydrogen-bond acceptors (Lipinski definition) is 4. The fourth-order valence-corrected chi connectivity index (χ4v) is 3.56. The molecule has 3 aromatic carbocycles. The summed E-state index contributed by atoms with van der Waals surface area (Å²) >= 11 is 0. The molecule has 1 unspecified atom stereocenters. The lowest BCUT2D eigenvalue weighted by atomic mass is 9.99. The Labute approximate surface area is 183 Å². The number of aryl methyl sites for hydroxylation is 2. The van der Waals surface area contributed by atoms with E-state index in [0.29, 0.717) is 5.82 Å². The molecule has 0 spiro atoms. The van der Waals surface area contributed by atoms with Crippen molar-refractivity contribution >= 4 is 5.82 Å². The highest BCUT2D eigenvalue weighted by Crippen LogP contribution is 2.27. The number of benzene rings is 3. The third-order valence-electron chi connectivity index (χ3n) is 5.28. The van der Waals surface area contributed by atoms with Crippen LogP contribution in [0.3, 0.4) is 0 Å². The number of nitriles is 1. The van der Waals surface area contributed by atoms with Crippen LogP contribution in [-0.2, 0) is 0 Å². The molecule has 0 aliphatic heterocycles. The van der Waals surface area contributed by atoms with Crippen LogP contribution in [0.2, 0.25) is 0 Å². The van der Waals surface area contributed by atoms with E-state index >= 15 is 0 Å². The van der Waals surface area contributed by atoms with Crippen molar-refractivity contribution < 1.29 is 0 Å². The maximum Gasteiger partial charge on any atom is 0.234 e. The van der Waals surface area contributed by atoms with Gasteiger partial charge in [-0.3, -0.25) is 0 Å². The second-order valence-electron chi connectivity index (χ2n) is 7.80. The van der Waals surface area contributed by atoms with Crippen LogP contribution in [0.4, 0.5) is 5.82 Å². The van der Waals surface area contributed by atoms with Gasteiger partial charge in [-0.25, -0.2) is 9.97 Å². The lowest BCUT2D eigenvalue weighted by Gasteiger charge is -2.17. The summed E-state index contributed by atoms with van der Waals surface area (Å²) in [5.74, 6) is 0.789.